The molecule has 3 N–H and O–H groups in total. The van der Waals surface area contributed by atoms with E-state index in [4.69, 9.17) is 0 Å². The molecule has 0 aromatic heterocycles. The molecule has 2 atom stereocenters. The highest BCUT2D eigenvalue weighted by molar-refractivity contribution is 5.76. The highest BCUT2D eigenvalue weighted by atomic mass is 16.3. The van der Waals surface area contributed by atoms with Crippen molar-refractivity contribution in [2.45, 2.75) is 148 Å². The monoisotopic (exact) mass is 674 g/mol. The lowest BCUT2D eigenvalue weighted by Crippen LogP contribution is -2.45. The third-order valence-corrected chi connectivity index (χ3v) is 7.68. The van der Waals surface area contributed by atoms with Gasteiger partial charge in [-0.2, -0.15) is 0 Å². The van der Waals surface area contributed by atoms with Gasteiger partial charge in [0.15, 0.2) is 0 Å². The maximum Gasteiger partial charge on any atom is 0.220 e. The summed E-state index contributed by atoms with van der Waals surface area (Å²) in [7, 11) is 0. The van der Waals surface area contributed by atoms with Gasteiger partial charge < -0.3 is 15.5 Å². The molecule has 0 heterocycles. The van der Waals surface area contributed by atoms with Gasteiger partial charge in [-0.15, -0.1) is 0 Å². The summed E-state index contributed by atoms with van der Waals surface area (Å²) in [6.45, 7) is 4.09. The number of rotatable bonds is 32. The van der Waals surface area contributed by atoms with Crippen LogP contribution in [0.15, 0.2) is 122 Å². The second-order valence-corrected chi connectivity index (χ2v) is 12.2. The van der Waals surface area contributed by atoms with Crippen LogP contribution in [0.25, 0.3) is 0 Å². The molecular formula is C45H71NO3. The van der Waals surface area contributed by atoms with Crippen molar-refractivity contribution < 1.29 is 15.0 Å². The van der Waals surface area contributed by atoms with Gasteiger partial charge in [-0.05, 0) is 96.3 Å². The number of carbonyl (C=O) groups is 1. The molecule has 0 aliphatic heterocycles. The number of hydrogen-bond donors (Lipinski definition) is 3. The molecule has 0 radical (unpaired) electrons. The zero-order valence-corrected chi connectivity index (χ0v) is 31.1. The second-order valence-electron chi connectivity index (χ2n) is 12.2. The van der Waals surface area contributed by atoms with Crippen molar-refractivity contribution in [1.82, 2.24) is 5.32 Å². The van der Waals surface area contributed by atoms with E-state index in [1.807, 2.05) is 6.08 Å². The fourth-order valence-electron chi connectivity index (χ4n) is 4.73. The number of amides is 1. The van der Waals surface area contributed by atoms with Crippen molar-refractivity contribution in [3.63, 3.8) is 0 Å². The lowest BCUT2D eigenvalue weighted by molar-refractivity contribution is -0.123. The molecule has 1 amide bonds. The van der Waals surface area contributed by atoms with Gasteiger partial charge in [-0.1, -0.05) is 155 Å². The first-order valence-electron chi connectivity index (χ1n) is 19.2. The van der Waals surface area contributed by atoms with Crippen LogP contribution in [0.5, 0.6) is 0 Å². The van der Waals surface area contributed by atoms with Gasteiger partial charge >= 0.3 is 0 Å². The van der Waals surface area contributed by atoms with Crippen LogP contribution in [0.2, 0.25) is 0 Å². The van der Waals surface area contributed by atoms with Crippen LogP contribution in [-0.4, -0.2) is 34.9 Å². The van der Waals surface area contributed by atoms with E-state index < -0.39 is 12.1 Å². The lowest BCUT2D eigenvalue weighted by Gasteiger charge is -2.19. The van der Waals surface area contributed by atoms with Gasteiger partial charge in [-0.25, -0.2) is 0 Å². The third-order valence-electron chi connectivity index (χ3n) is 7.68. The molecule has 4 heteroatoms. The highest BCUT2D eigenvalue weighted by Crippen LogP contribution is 2.06. The molecule has 0 saturated carbocycles. The summed E-state index contributed by atoms with van der Waals surface area (Å²) in [5.74, 6) is -0.126. The number of unbranched alkanes of at least 4 members (excludes halogenated alkanes) is 7. The minimum absolute atomic E-state index is 0.126. The highest BCUT2D eigenvalue weighted by Gasteiger charge is 2.17. The summed E-state index contributed by atoms with van der Waals surface area (Å²) >= 11 is 0. The van der Waals surface area contributed by atoms with Gasteiger partial charge in [-0.3, -0.25) is 4.79 Å². The van der Waals surface area contributed by atoms with Crippen molar-refractivity contribution in [3.8, 4) is 0 Å². The summed E-state index contributed by atoms with van der Waals surface area (Å²) in [6.07, 6.45) is 61.5. The molecule has 2 unspecified atom stereocenters. The van der Waals surface area contributed by atoms with Crippen LogP contribution in [0.3, 0.4) is 0 Å². The largest absolute Gasteiger partial charge is 0.394 e. The molecule has 274 valence electrons. The Bertz CT molecular complexity index is 1040. The van der Waals surface area contributed by atoms with E-state index in [0.29, 0.717) is 6.42 Å². The molecule has 0 spiro atoms. The van der Waals surface area contributed by atoms with E-state index in [0.717, 1.165) is 89.9 Å². The molecule has 0 rings (SSSR count). The van der Waals surface area contributed by atoms with E-state index in [9.17, 15) is 15.0 Å². The predicted molar refractivity (Wildman–Crippen MR) is 215 cm³/mol. The van der Waals surface area contributed by atoms with Crippen LogP contribution in [0.4, 0.5) is 0 Å². The van der Waals surface area contributed by atoms with Crippen molar-refractivity contribution in [1.29, 1.82) is 0 Å². The first-order valence-corrected chi connectivity index (χ1v) is 19.2. The Hall–Kier alpha value is -3.21. The van der Waals surface area contributed by atoms with Gasteiger partial charge in [0.2, 0.25) is 5.91 Å². The molecule has 49 heavy (non-hydrogen) atoms. The summed E-state index contributed by atoms with van der Waals surface area (Å²) in [6, 6.07) is -0.669. The van der Waals surface area contributed by atoms with Crippen LogP contribution < -0.4 is 5.32 Å². The maximum absolute atomic E-state index is 12.3. The van der Waals surface area contributed by atoms with Gasteiger partial charge in [0, 0.05) is 6.42 Å². The Morgan fingerprint density at radius 3 is 1.39 bits per heavy atom. The van der Waals surface area contributed by atoms with E-state index in [1.54, 1.807) is 6.08 Å². The SMILES string of the molecule is CC/C=C\C/C=C\C/C=C\C/C=C\C/C=C\C/C=C\C/C=C\C/C=C\CCCCC(=O)NC(CO)C(O)/C=C/CC/C=C/CCCCCC. The van der Waals surface area contributed by atoms with Crippen LogP contribution in [-0.2, 0) is 4.79 Å². The topological polar surface area (TPSA) is 69.6 Å². The Morgan fingerprint density at radius 2 is 0.918 bits per heavy atom. The Balaban J connectivity index is 3.82. The average Bonchev–Trinajstić information content (AvgIpc) is 3.10. The Kier molecular flexibility index (Phi) is 36.7. The number of aliphatic hydroxyl groups is 2. The quantitative estimate of drug-likeness (QED) is 0.0492. The summed E-state index contributed by atoms with van der Waals surface area (Å²) < 4.78 is 0. The zero-order valence-electron chi connectivity index (χ0n) is 31.1. The second kappa shape index (κ2) is 39.2. The predicted octanol–water partition coefficient (Wildman–Crippen LogP) is 11.8. The normalized spacial score (nSPS) is 14.4. The van der Waals surface area contributed by atoms with Crippen LogP contribution in [0, 0.1) is 0 Å². The average molecular weight is 674 g/mol. The van der Waals surface area contributed by atoms with Crippen molar-refractivity contribution >= 4 is 5.91 Å². The minimum atomic E-state index is -0.887. The standard InChI is InChI=1S/C45H71NO3/c1-3-5-7-9-11-13-15-16-17-18-19-20-21-22-23-24-25-26-27-28-29-30-31-33-35-37-39-41-45(49)46-43(42-47)44(48)40-38-36-34-32-14-12-10-8-6-4-2/h5,7,11,13-14,16-17,19-20,22-23,25-26,28-29,31-33,38,40,43-44,47-48H,3-4,6,8-10,12,15,18,21,24,27,30,34-37,39,41-42H2,1-2H3,(H,46,49)/b7-5-,13-11-,17-16-,20-19-,23-22-,26-25-,29-28-,32-14+,33-31-,40-38+. The first kappa shape index (κ1) is 45.8. The molecule has 0 aromatic carbocycles. The van der Waals surface area contributed by atoms with E-state index in [1.165, 1.54) is 25.7 Å². The van der Waals surface area contributed by atoms with E-state index >= 15 is 0 Å². The zero-order chi connectivity index (χ0) is 35.7. The molecular weight excluding hydrogens is 602 g/mol. The van der Waals surface area contributed by atoms with Gasteiger partial charge in [0.25, 0.3) is 0 Å². The molecule has 0 aromatic rings. The molecule has 0 aliphatic rings. The Morgan fingerprint density at radius 1 is 0.510 bits per heavy atom. The minimum Gasteiger partial charge on any atom is -0.394 e. The number of nitrogens with one attached hydrogen (secondary N) is 1. The first-order chi connectivity index (χ1) is 24.2. The molecule has 0 aliphatic carbocycles. The fourth-order valence-corrected chi connectivity index (χ4v) is 4.73. The maximum atomic E-state index is 12.3. The molecule has 0 bridgehead atoms. The third kappa shape index (κ3) is 35.9. The van der Waals surface area contributed by atoms with Crippen molar-refractivity contribution in [2.75, 3.05) is 6.61 Å². The smallest absolute Gasteiger partial charge is 0.220 e. The lowest BCUT2D eigenvalue weighted by atomic mass is 10.1. The van der Waals surface area contributed by atoms with Crippen LogP contribution >= 0.6 is 0 Å². The van der Waals surface area contributed by atoms with E-state index in [2.05, 4.69) is 129 Å². The number of aliphatic hydroxyl groups excluding tert-OH is 2. The number of carbonyl (C=O) groups excluding carboxylic acids is 1. The van der Waals surface area contributed by atoms with Crippen molar-refractivity contribution in [2.24, 2.45) is 0 Å². The van der Waals surface area contributed by atoms with E-state index in [-0.39, 0.29) is 12.5 Å². The van der Waals surface area contributed by atoms with Gasteiger partial charge in [0.05, 0.1) is 18.8 Å². The number of allylic oxidation sites excluding steroid dienone is 19. The Labute approximate surface area is 301 Å². The van der Waals surface area contributed by atoms with Gasteiger partial charge in [0.1, 0.15) is 0 Å². The fraction of sp³-hybridized carbons (Fsp3) is 0.533. The summed E-state index contributed by atoms with van der Waals surface area (Å²) in [5.41, 5.74) is 0. The molecule has 4 nitrogen and oxygen atoms in total. The summed E-state index contributed by atoms with van der Waals surface area (Å²) in [4.78, 5) is 12.3. The van der Waals surface area contributed by atoms with Crippen molar-refractivity contribution in [3.05, 3.63) is 122 Å². The number of hydrogen-bond acceptors (Lipinski definition) is 3. The summed E-state index contributed by atoms with van der Waals surface area (Å²) in [5, 5.41) is 22.8. The molecule has 0 saturated heterocycles. The van der Waals surface area contributed by atoms with Crippen LogP contribution in [0.1, 0.15) is 136 Å². The molecule has 0 fully saturated rings.